The smallest absolute Gasteiger partial charge is 0.408 e. The predicted octanol–water partition coefficient (Wildman–Crippen LogP) is 2.55. The maximum absolute atomic E-state index is 12.5. The first kappa shape index (κ1) is 22.3. The highest BCUT2D eigenvalue weighted by Gasteiger charge is 2.36. The zero-order chi connectivity index (χ0) is 21.8. The van der Waals surface area contributed by atoms with Crippen molar-refractivity contribution in [3.8, 4) is 17.2 Å². The van der Waals surface area contributed by atoms with E-state index in [2.05, 4.69) is 5.32 Å². The summed E-state index contributed by atoms with van der Waals surface area (Å²) in [5.41, 5.74) is -0.212. The zero-order valence-corrected chi connectivity index (χ0v) is 17.5. The van der Waals surface area contributed by atoms with Gasteiger partial charge in [-0.1, -0.05) is 0 Å². The third kappa shape index (κ3) is 5.75. The second kappa shape index (κ2) is 9.02. The van der Waals surface area contributed by atoms with E-state index >= 15 is 0 Å². The predicted molar refractivity (Wildman–Crippen MR) is 102 cm³/mol. The molecule has 160 valence electrons. The number of rotatable bonds is 7. The van der Waals surface area contributed by atoms with Crippen LogP contribution < -0.4 is 19.5 Å². The molecule has 2 rings (SSSR count). The van der Waals surface area contributed by atoms with Crippen molar-refractivity contribution in [2.75, 3.05) is 21.0 Å². The molecule has 2 atom stereocenters. The zero-order valence-electron chi connectivity index (χ0n) is 17.5. The number of hydrogen-bond acceptors (Lipinski definition) is 8. The van der Waals surface area contributed by atoms with Crippen LogP contribution >= 0.6 is 0 Å². The Balaban J connectivity index is 2.45. The van der Waals surface area contributed by atoms with Gasteiger partial charge in [0, 0.05) is 12.3 Å². The summed E-state index contributed by atoms with van der Waals surface area (Å²) in [6.07, 6.45) is -0.826. The average molecular weight is 409 g/mol. The van der Waals surface area contributed by atoms with E-state index in [4.69, 9.17) is 23.7 Å². The lowest BCUT2D eigenvalue weighted by molar-refractivity contribution is -0.143. The van der Waals surface area contributed by atoms with E-state index in [1.54, 1.807) is 32.9 Å². The van der Waals surface area contributed by atoms with Gasteiger partial charge in [-0.2, -0.15) is 0 Å². The van der Waals surface area contributed by atoms with E-state index < -0.39 is 29.6 Å². The summed E-state index contributed by atoms with van der Waals surface area (Å²) in [6.45, 7) is 6.54. The molecule has 0 radical (unpaired) electrons. The molecule has 9 heteroatoms. The monoisotopic (exact) mass is 409 g/mol. The van der Waals surface area contributed by atoms with Gasteiger partial charge in [-0.05, 0) is 45.4 Å². The average Bonchev–Trinajstić information content (AvgIpc) is 3.10. The molecule has 0 unspecified atom stereocenters. The third-order valence-corrected chi connectivity index (χ3v) is 4.15. The van der Waals surface area contributed by atoms with Gasteiger partial charge in [-0.25, -0.2) is 9.59 Å². The minimum absolute atomic E-state index is 0.0294. The number of fused-ring (bicyclic) bond motifs is 1. The Bertz CT molecular complexity index is 783. The van der Waals surface area contributed by atoms with Crippen LogP contribution in [0.15, 0.2) is 12.1 Å². The quantitative estimate of drug-likeness (QED) is 0.685. The Labute approximate surface area is 169 Å². The number of methoxy groups -OCH3 is 2. The van der Waals surface area contributed by atoms with Gasteiger partial charge in [-0.15, -0.1) is 0 Å². The number of Topliss-reactive ketones (excluding diaryl/α,β-unsaturated/α-hetero) is 1. The molecule has 0 spiro atoms. The highest BCUT2D eigenvalue weighted by molar-refractivity contribution is 5.85. The lowest BCUT2D eigenvalue weighted by Gasteiger charge is -2.28. The second-order valence-electron chi connectivity index (χ2n) is 7.62. The van der Waals surface area contributed by atoms with Crippen LogP contribution in [0, 0.1) is 0 Å². The number of ketones is 1. The molecule has 29 heavy (non-hydrogen) atoms. The molecule has 9 nitrogen and oxygen atoms in total. The molecular formula is C20H27NO8. The van der Waals surface area contributed by atoms with Crippen molar-refractivity contribution in [1.29, 1.82) is 0 Å². The Morgan fingerprint density at radius 2 is 1.86 bits per heavy atom. The highest BCUT2D eigenvalue weighted by atomic mass is 16.7. The van der Waals surface area contributed by atoms with Crippen LogP contribution in [0.4, 0.5) is 4.79 Å². The Morgan fingerprint density at radius 3 is 2.41 bits per heavy atom. The molecule has 0 saturated heterocycles. The van der Waals surface area contributed by atoms with Crippen molar-refractivity contribution in [2.24, 2.45) is 0 Å². The largest absolute Gasteiger partial charge is 0.493 e. The van der Waals surface area contributed by atoms with Gasteiger partial charge >= 0.3 is 12.1 Å². The molecule has 1 heterocycles. The number of ether oxygens (including phenoxy) is 5. The van der Waals surface area contributed by atoms with Gasteiger partial charge in [-0.3, -0.25) is 0 Å². The van der Waals surface area contributed by atoms with Crippen molar-refractivity contribution < 1.29 is 38.1 Å². The first-order chi connectivity index (χ1) is 13.6. The van der Waals surface area contributed by atoms with Crippen LogP contribution in [0.5, 0.6) is 17.2 Å². The van der Waals surface area contributed by atoms with Crippen LogP contribution in [0.2, 0.25) is 0 Å². The number of alkyl carbamates (subject to hydrolysis) is 1. The molecule has 0 fully saturated rings. The first-order valence-corrected chi connectivity index (χ1v) is 9.10. The lowest BCUT2D eigenvalue weighted by atomic mass is 9.86. The number of carbonyl (C=O) groups excluding carboxylic acids is 3. The summed E-state index contributed by atoms with van der Waals surface area (Å²) in [7, 11) is 2.68. The maximum Gasteiger partial charge on any atom is 0.408 e. The van der Waals surface area contributed by atoms with Crippen molar-refractivity contribution in [1.82, 2.24) is 5.32 Å². The number of amides is 1. The van der Waals surface area contributed by atoms with Crippen LogP contribution in [0.1, 0.15) is 45.6 Å². The van der Waals surface area contributed by atoms with Crippen molar-refractivity contribution in [2.45, 2.75) is 51.7 Å². The minimum Gasteiger partial charge on any atom is -0.493 e. The van der Waals surface area contributed by atoms with Gasteiger partial charge in [0.2, 0.25) is 12.5 Å². The topological polar surface area (TPSA) is 109 Å². The number of hydrogen-bond donors (Lipinski definition) is 1. The van der Waals surface area contributed by atoms with Crippen LogP contribution in [-0.4, -0.2) is 50.5 Å². The van der Waals surface area contributed by atoms with E-state index in [9.17, 15) is 14.4 Å². The Kier molecular flexibility index (Phi) is 6.94. The van der Waals surface area contributed by atoms with Crippen molar-refractivity contribution >= 4 is 17.8 Å². The minimum atomic E-state index is -1.16. The number of carbonyl (C=O) groups is 3. The van der Waals surface area contributed by atoms with E-state index in [0.29, 0.717) is 22.8 Å². The summed E-state index contributed by atoms with van der Waals surface area (Å²) in [5.74, 6) is -0.369. The van der Waals surface area contributed by atoms with E-state index in [1.807, 2.05) is 0 Å². The molecule has 0 saturated carbocycles. The highest BCUT2D eigenvalue weighted by Crippen LogP contribution is 2.44. The van der Waals surface area contributed by atoms with Gasteiger partial charge in [0.15, 0.2) is 11.5 Å². The molecule has 0 aromatic heterocycles. The van der Waals surface area contributed by atoms with Crippen LogP contribution in [0.25, 0.3) is 0 Å². The molecule has 1 aliphatic rings. The molecule has 0 bridgehead atoms. The molecule has 0 aliphatic carbocycles. The summed E-state index contributed by atoms with van der Waals surface area (Å²) in [5, 5.41) is 2.53. The second-order valence-corrected chi connectivity index (χ2v) is 7.62. The Morgan fingerprint density at radius 1 is 1.17 bits per heavy atom. The number of nitrogens with one attached hydrogen (secondary N) is 1. The summed E-state index contributed by atoms with van der Waals surface area (Å²) in [4.78, 5) is 36.8. The van der Waals surface area contributed by atoms with Crippen molar-refractivity contribution in [3.63, 3.8) is 0 Å². The van der Waals surface area contributed by atoms with Crippen LogP contribution in [0.3, 0.4) is 0 Å². The van der Waals surface area contributed by atoms with Crippen LogP contribution in [-0.2, 0) is 19.1 Å². The van der Waals surface area contributed by atoms with Crippen molar-refractivity contribution in [3.05, 3.63) is 17.7 Å². The van der Waals surface area contributed by atoms with Gasteiger partial charge in [0.05, 0.1) is 14.2 Å². The summed E-state index contributed by atoms with van der Waals surface area (Å²) < 4.78 is 26.3. The summed E-state index contributed by atoms with van der Waals surface area (Å²) >= 11 is 0. The van der Waals surface area contributed by atoms with E-state index in [0.717, 1.165) is 0 Å². The molecule has 1 aliphatic heterocycles. The number of benzene rings is 1. The van der Waals surface area contributed by atoms with Gasteiger partial charge < -0.3 is 33.8 Å². The lowest BCUT2D eigenvalue weighted by Crippen LogP contribution is -2.47. The van der Waals surface area contributed by atoms with E-state index in [-0.39, 0.29) is 19.0 Å². The Hall–Kier alpha value is -2.97. The molecule has 1 aromatic rings. The first-order valence-electron chi connectivity index (χ1n) is 9.10. The van der Waals surface area contributed by atoms with Gasteiger partial charge in [0.25, 0.3) is 0 Å². The SMILES string of the molecule is COC(=O)[C@H](NC(=O)OC(C)(C)C)[C@H](CC(C)=O)c1cc(OC)c2c(c1)OCO2. The number of esters is 1. The normalized spacial score (nSPS) is 14.6. The fourth-order valence-corrected chi connectivity index (χ4v) is 2.99. The fourth-order valence-electron chi connectivity index (χ4n) is 2.99. The molecule has 1 aromatic carbocycles. The third-order valence-electron chi connectivity index (χ3n) is 4.15. The molecule has 1 N–H and O–H groups in total. The molecular weight excluding hydrogens is 382 g/mol. The fraction of sp³-hybridized carbons (Fsp3) is 0.550. The summed E-state index contributed by atoms with van der Waals surface area (Å²) in [6, 6.07) is 2.14. The standard InChI is InChI=1S/C20H27NO8/c1-11(22)7-13(12-8-14(25-5)17-15(9-12)27-10-28-17)16(18(23)26-6)21-19(24)29-20(2,3)4/h8-9,13,16H,7,10H2,1-6H3,(H,21,24)/t13-,16-/m1/s1. The maximum atomic E-state index is 12.5. The van der Waals surface area contributed by atoms with Gasteiger partial charge in [0.1, 0.15) is 17.4 Å². The van der Waals surface area contributed by atoms with E-state index in [1.165, 1.54) is 21.1 Å². The molecule has 1 amide bonds.